The minimum Gasteiger partial charge on any atom is -0.330 e. The first-order valence-electron chi connectivity index (χ1n) is 15.9. The molecule has 0 amide bonds. The molecule has 0 saturated carbocycles. The molecule has 0 aliphatic heterocycles. The fourth-order valence-corrected chi connectivity index (χ4v) is 6.78. The van der Waals surface area contributed by atoms with E-state index in [9.17, 15) is 4.79 Å². The Morgan fingerprint density at radius 1 is 0.514 bits per heavy atom. The molecule has 0 aromatic heterocycles. The first kappa shape index (κ1) is 37.5. The zero-order chi connectivity index (χ0) is 27.1. The van der Waals surface area contributed by atoms with Crippen LogP contribution in [0.1, 0.15) is 148 Å². The number of carbonyl (C=O) groups excluding carboxylic acids is 1. The van der Waals surface area contributed by atoms with Gasteiger partial charge in [0.1, 0.15) is 5.78 Å². The van der Waals surface area contributed by atoms with Crippen LogP contribution in [0.15, 0.2) is 12.2 Å². The molecule has 37 heavy (non-hydrogen) atoms. The summed E-state index contributed by atoms with van der Waals surface area (Å²) in [7, 11) is 2.80. The lowest BCUT2D eigenvalue weighted by atomic mass is 10.00. The number of hydrogen-bond acceptors (Lipinski definition) is 4. The highest BCUT2D eigenvalue weighted by molar-refractivity contribution is 7.99. The van der Waals surface area contributed by atoms with E-state index in [0.717, 1.165) is 44.4 Å². The predicted octanol–water partition coefficient (Wildman–Crippen LogP) is 10.4. The van der Waals surface area contributed by atoms with Crippen molar-refractivity contribution in [1.82, 2.24) is 0 Å². The molecule has 1 atom stereocenters. The first-order valence-corrected chi connectivity index (χ1v) is 19.1. The highest BCUT2D eigenvalue weighted by Crippen LogP contribution is 2.18. The van der Waals surface area contributed by atoms with E-state index in [-0.39, 0.29) is 0 Å². The van der Waals surface area contributed by atoms with Gasteiger partial charge < -0.3 is 5.73 Å². The number of Topliss-reactive ketones (excluding diaryl/α,β-unsaturated/α-hetero) is 1. The summed E-state index contributed by atoms with van der Waals surface area (Å²) in [6, 6.07) is 0. The molecule has 0 spiro atoms. The smallest absolute Gasteiger partial charge is 0.132 e. The van der Waals surface area contributed by atoms with Crippen LogP contribution in [0.25, 0.3) is 0 Å². The molecule has 0 rings (SSSR count). The van der Waals surface area contributed by atoms with Gasteiger partial charge in [-0.1, -0.05) is 95.6 Å². The monoisotopic (exact) mass is 573 g/mol. The fourth-order valence-electron chi connectivity index (χ4n) is 4.72. The summed E-state index contributed by atoms with van der Waals surface area (Å²) >= 11 is 4.09. The van der Waals surface area contributed by atoms with Crippen molar-refractivity contribution in [3.63, 3.8) is 0 Å². The van der Waals surface area contributed by atoms with Crippen molar-refractivity contribution >= 4 is 38.5 Å². The lowest BCUT2D eigenvalue weighted by Gasteiger charge is -2.06. The van der Waals surface area contributed by atoms with E-state index in [1.165, 1.54) is 145 Å². The van der Waals surface area contributed by atoms with Crippen LogP contribution in [-0.2, 0) is 4.79 Å². The Morgan fingerprint density at radius 2 is 0.865 bits per heavy atom. The fraction of sp³-hybridized carbons (Fsp3) is 0.906. The quantitative estimate of drug-likeness (QED) is 0.0494. The topological polar surface area (TPSA) is 43.1 Å². The summed E-state index contributed by atoms with van der Waals surface area (Å²) < 4.78 is 0. The second-order valence-corrected chi connectivity index (χ2v) is 13.8. The zero-order valence-corrected chi connectivity index (χ0v) is 27.4. The highest BCUT2D eigenvalue weighted by atomic mass is 32.2. The molecule has 0 aliphatic carbocycles. The Labute approximate surface area is 243 Å². The Kier molecular flexibility index (Phi) is 33.2. The van der Waals surface area contributed by atoms with E-state index in [4.69, 9.17) is 5.73 Å². The Bertz CT molecular complexity index is 447. The maximum atomic E-state index is 12.1. The molecular formula is C32H64NOPS2. The van der Waals surface area contributed by atoms with Gasteiger partial charge in [0, 0.05) is 25.1 Å². The number of hydrogen-bond donors (Lipinski definition) is 1. The second-order valence-electron chi connectivity index (χ2n) is 10.8. The van der Waals surface area contributed by atoms with Gasteiger partial charge >= 0.3 is 0 Å². The largest absolute Gasteiger partial charge is 0.330 e. The van der Waals surface area contributed by atoms with E-state index in [0.29, 0.717) is 5.78 Å². The minimum absolute atomic E-state index is 0.493. The van der Waals surface area contributed by atoms with Gasteiger partial charge in [-0.05, 0) is 74.8 Å². The number of rotatable bonds is 32. The summed E-state index contributed by atoms with van der Waals surface area (Å²) in [6.07, 6.45) is 30.2. The van der Waals surface area contributed by atoms with E-state index in [2.05, 4.69) is 27.6 Å². The van der Waals surface area contributed by atoms with Crippen LogP contribution in [0.5, 0.6) is 0 Å². The third-order valence-electron chi connectivity index (χ3n) is 7.07. The van der Waals surface area contributed by atoms with Gasteiger partial charge in [-0.3, -0.25) is 4.79 Å². The third-order valence-corrected chi connectivity index (χ3v) is 9.98. The SMILES string of the molecule is C=C(CCCCCCCCCCSCCN)CCCCCC(=O)CCCCCCCCCCSCCP. The van der Waals surface area contributed by atoms with E-state index < -0.39 is 0 Å². The Morgan fingerprint density at radius 3 is 1.30 bits per heavy atom. The summed E-state index contributed by atoms with van der Waals surface area (Å²) in [4.78, 5) is 12.1. The van der Waals surface area contributed by atoms with E-state index >= 15 is 0 Å². The molecule has 0 aliphatic rings. The van der Waals surface area contributed by atoms with Gasteiger partial charge in [0.05, 0.1) is 0 Å². The van der Waals surface area contributed by atoms with Gasteiger partial charge in [-0.15, -0.1) is 9.24 Å². The summed E-state index contributed by atoms with van der Waals surface area (Å²) in [6.45, 7) is 5.11. The lowest BCUT2D eigenvalue weighted by molar-refractivity contribution is -0.119. The van der Waals surface area contributed by atoms with Crippen LogP contribution in [0.2, 0.25) is 0 Å². The average Bonchev–Trinajstić information content (AvgIpc) is 2.89. The van der Waals surface area contributed by atoms with Crippen molar-refractivity contribution in [2.45, 2.75) is 148 Å². The first-order chi connectivity index (χ1) is 18.2. The number of allylic oxidation sites excluding steroid dienone is 1. The normalized spacial score (nSPS) is 11.3. The molecule has 1 unspecified atom stereocenters. The molecule has 2 nitrogen and oxygen atoms in total. The molecule has 0 radical (unpaired) electrons. The Hall–Kier alpha value is 0.500. The molecule has 0 bridgehead atoms. The van der Waals surface area contributed by atoms with Crippen LogP contribution >= 0.6 is 32.8 Å². The van der Waals surface area contributed by atoms with E-state index in [1.54, 1.807) is 0 Å². The Balaban J connectivity index is 3.27. The molecule has 0 fully saturated rings. The van der Waals surface area contributed by atoms with Gasteiger partial charge in [0.2, 0.25) is 0 Å². The molecule has 220 valence electrons. The molecule has 5 heteroatoms. The molecule has 0 aromatic rings. The maximum Gasteiger partial charge on any atom is 0.132 e. The minimum atomic E-state index is 0.493. The van der Waals surface area contributed by atoms with Crippen LogP contribution < -0.4 is 5.73 Å². The molecule has 0 aromatic carbocycles. The highest BCUT2D eigenvalue weighted by Gasteiger charge is 2.03. The second kappa shape index (κ2) is 32.7. The van der Waals surface area contributed by atoms with Crippen molar-refractivity contribution in [2.75, 3.05) is 35.7 Å². The average molecular weight is 574 g/mol. The summed E-state index contributed by atoms with van der Waals surface area (Å²) in [5.41, 5.74) is 6.94. The molecule has 2 N–H and O–H groups in total. The van der Waals surface area contributed by atoms with Crippen molar-refractivity contribution < 1.29 is 4.79 Å². The predicted molar refractivity (Wildman–Crippen MR) is 179 cm³/mol. The number of nitrogens with two attached hydrogens (primary N) is 1. The molecule has 0 heterocycles. The number of unbranched alkanes of at least 4 members (excludes halogenated alkanes) is 16. The third kappa shape index (κ3) is 32.6. The number of carbonyl (C=O) groups is 1. The summed E-state index contributed by atoms with van der Waals surface area (Å²) in [5.74, 6) is 5.52. The van der Waals surface area contributed by atoms with Crippen LogP contribution in [0.4, 0.5) is 0 Å². The number of ketones is 1. The van der Waals surface area contributed by atoms with Gasteiger partial charge in [-0.2, -0.15) is 23.5 Å². The standard InChI is InChI=1S/C32H64NOPS2/c1-31(21-15-10-6-2-4-8-12-19-27-36-29-25-33)22-16-14-18-24-32(34)23-17-11-7-3-5-9-13-20-28-37-30-26-35/h1-30,33,35H2. The van der Waals surface area contributed by atoms with Gasteiger partial charge in [0.15, 0.2) is 0 Å². The molecule has 0 saturated heterocycles. The van der Waals surface area contributed by atoms with Crippen molar-refractivity contribution in [1.29, 1.82) is 0 Å². The van der Waals surface area contributed by atoms with Crippen molar-refractivity contribution in [2.24, 2.45) is 5.73 Å². The van der Waals surface area contributed by atoms with Gasteiger partial charge in [-0.25, -0.2) is 0 Å². The van der Waals surface area contributed by atoms with E-state index in [1.807, 2.05) is 11.8 Å². The summed E-state index contributed by atoms with van der Waals surface area (Å²) in [5, 5.41) is 0. The maximum absolute atomic E-state index is 12.1. The van der Waals surface area contributed by atoms with Crippen molar-refractivity contribution in [3.05, 3.63) is 12.2 Å². The van der Waals surface area contributed by atoms with Crippen molar-refractivity contribution in [3.8, 4) is 0 Å². The van der Waals surface area contributed by atoms with Crippen LogP contribution in [0, 0.1) is 0 Å². The van der Waals surface area contributed by atoms with Gasteiger partial charge in [0.25, 0.3) is 0 Å². The van der Waals surface area contributed by atoms with Crippen LogP contribution in [0.3, 0.4) is 0 Å². The zero-order valence-electron chi connectivity index (χ0n) is 24.6. The van der Waals surface area contributed by atoms with Crippen LogP contribution in [-0.4, -0.2) is 41.5 Å². The number of thioether (sulfide) groups is 2. The molecular weight excluding hydrogens is 509 g/mol. The lowest BCUT2D eigenvalue weighted by Crippen LogP contribution is -2.01.